The predicted octanol–water partition coefficient (Wildman–Crippen LogP) is 2.89. The molecule has 0 aromatic heterocycles. The number of hydrogen-bond acceptors (Lipinski definition) is 5. The summed E-state index contributed by atoms with van der Waals surface area (Å²) in [6.07, 6.45) is 2.59. The molecular formula is C17H27NO5. The van der Waals surface area contributed by atoms with E-state index in [1.54, 1.807) is 20.8 Å². The highest BCUT2D eigenvalue weighted by Gasteiger charge is 2.55. The van der Waals surface area contributed by atoms with Crippen LogP contribution >= 0.6 is 0 Å². The number of imide groups is 1. The highest BCUT2D eigenvalue weighted by molar-refractivity contribution is 5.96. The van der Waals surface area contributed by atoms with E-state index in [4.69, 9.17) is 9.47 Å². The summed E-state index contributed by atoms with van der Waals surface area (Å²) in [5, 5.41) is 0. The number of rotatable bonds is 1. The lowest BCUT2D eigenvalue weighted by Crippen LogP contribution is -2.53. The van der Waals surface area contributed by atoms with Gasteiger partial charge in [-0.05, 0) is 52.9 Å². The molecule has 1 aliphatic carbocycles. The molecule has 6 nitrogen and oxygen atoms in total. The maximum Gasteiger partial charge on any atom is 0.417 e. The van der Waals surface area contributed by atoms with Gasteiger partial charge in [-0.15, -0.1) is 0 Å². The first kappa shape index (κ1) is 17.8. The SMILES string of the molecule is COC(=O)C1CCC2(CC1)CC(C)C(=O)N2C(=O)OC(C)(C)C. The van der Waals surface area contributed by atoms with E-state index in [1.807, 2.05) is 6.92 Å². The van der Waals surface area contributed by atoms with Crippen LogP contribution in [0.4, 0.5) is 4.79 Å². The van der Waals surface area contributed by atoms with Crippen LogP contribution in [0.3, 0.4) is 0 Å². The van der Waals surface area contributed by atoms with Gasteiger partial charge in [0.1, 0.15) is 5.60 Å². The van der Waals surface area contributed by atoms with Crippen LogP contribution in [-0.4, -0.2) is 41.1 Å². The topological polar surface area (TPSA) is 72.9 Å². The highest BCUT2D eigenvalue weighted by atomic mass is 16.6. The van der Waals surface area contributed by atoms with Gasteiger partial charge in [0.15, 0.2) is 0 Å². The summed E-state index contributed by atoms with van der Waals surface area (Å²) >= 11 is 0. The van der Waals surface area contributed by atoms with Crippen LogP contribution < -0.4 is 0 Å². The minimum Gasteiger partial charge on any atom is -0.469 e. The van der Waals surface area contributed by atoms with Gasteiger partial charge in [0.05, 0.1) is 18.6 Å². The molecule has 1 spiro atoms. The number of esters is 1. The molecule has 2 aliphatic rings. The van der Waals surface area contributed by atoms with Crippen molar-refractivity contribution in [2.24, 2.45) is 11.8 Å². The Morgan fingerprint density at radius 3 is 2.26 bits per heavy atom. The van der Waals surface area contributed by atoms with Gasteiger partial charge in [-0.25, -0.2) is 9.69 Å². The number of hydrogen-bond donors (Lipinski definition) is 0. The minimum atomic E-state index is -0.645. The fraction of sp³-hybridized carbons (Fsp3) is 0.824. The molecule has 1 unspecified atom stereocenters. The Balaban J connectivity index is 2.18. The zero-order valence-corrected chi connectivity index (χ0v) is 14.7. The Kier molecular flexibility index (Phi) is 4.74. The third-order valence-electron chi connectivity index (χ3n) is 4.83. The first-order valence-corrected chi connectivity index (χ1v) is 8.24. The molecule has 1 atom stereocenters. The molecule has 2 amide bonds. The van der Waals surface area contributed by atoms with Crippen molar-refractivity contribution < 1.29 is 23.9 Å². The second-order valence-corrected chi connectivity index (χ2v) is 7.78. The lowest BCUT2D eigenvalue weighted by atomic mass is 9.74. The third kappa shape index (κ3) is 3.51. The van der Waals surface area contributed by atoms with Crippen molar-refractivity contribution in [3.8, 4) is 0 Å². The Morgan fingerprint density at radius 2 is 1.78 bits per heavy atom. The smallest absolute Gasteiger partial charge is 0.417 e. The van der Waals surface area contributed by atoms with Gasteiger partial charge < -0.3 is 9.47 Å². The molecule has 0 radical (unpaired) electrons. The second-order valence-electron chi connectivity index (χ2n) is 7.78. The van der Waals surface area contributed by atoms with Crippen LogP contribution in [0.2, 0.25) is 0 Å². The van der Waals surface area contributed by atoms with E-state index in [0.717, 1.165) is 0 Å². The molecule has 1 saturated heterocycles. The van der Waals surface area contributed by atoms with Crippen molar-refractivity contribution in [1.29, 1.82) is 0 Å². The summed E-state index contributed by atoms with van der Waals surface area (Å²) in [5.41, 5.74) is -1.16. The molecule has 1 heterocycles. The summed E-state index contributed by atoms with van der Waals surface area (Å²) in [7, 11) is 1.39. The number of carbonyl (C=O) groups excluding carboxylic acids is 3. The van der Waals surface area contributed by atoms with Crippen molar-refractivity contribution in [3.05, 3.63) is 0 Å². The lowest BCUT2D eigenvalue weighted by molar-refractivity contribution is -0.147. The van der Waals surface area contributed by atoms with Gasteiger partial charge in [-0.1, -0.05) is 6.92 Å². The van der Waals surface area contributed by atoms with Crippen molar-refractivity contribution in [1.82, 2.24) is 4.90 Å². The zero-order valence-electron chi connectivity index (χ0n) is 14.7. The number of methoxy groups -OCH3 is 1. The first-order valence-electron chi connectivity index (χ1n) is 8.24. The van der Waals surface area contributed by atoms with E-state index in [1.165, 1.54) is 12.0 Å². The quantitative estimate of drug-likeness (QED) is 0.693. The molecule has 2 rings (SSSR count). The number of likely N-dealkylation sites (tertiary alicyclic amines) is 1. The molecule has 2 fully saturated rings. The summed E-state index contributed by atoms with van der Waals surface area (Å²) in [6.45, 7) is 7.21. The van der Waals surface area contributed by atoms with Crippen LogP contribution in [0.1, 0.15) is 59.8 Å². The standard InChI is InChI=1S/C17H27NO5/c1-11-10-17(8-6-12(7-9-17)14(20)22-5)18(13(11)19)15(21)23-16(2,3)4/h11-12H,6-10H2,1-5H3. The number of ether oxygens (including phenoxy) is 2. The largest absolute Gasteiger partial charge is 0.469 e. The Hall–Kier alpha value is -1.59. The van der Waals surface area contributed by atoms with Crippen molar-refractivity contribution >= 4 is 18.0 Å². The third-order valence-corrected chi connectivity index (χ3v) is 4.83. The highest BCUT2D eigenvalue weighted by Crippen LogP contribution is 2.46. The molecular weight excluding hydrogens is 298 g/mol. The van der Waals surface area contributed by atoms with Crippen LogP contribution in [0, 0.1) is 11.8 Å². The van der Waals surface area contributed by atoms with Gasteiger partial charge in [-0.2, -0.15) is 0 Å². The van der Waals surface area contributed by atoms with E-state index >= 15 is 0 Å². The maximum absolute atomic E-state index is 12.6. The normalized spacial score (nSPS) is 31.3. The Morgan fingerprint density at radius 1 is 1.22 bits per heavy atom. The van der Waals surface area contributed by atoms with Crippen molar-refractivity contribution in [2.75, 3.05) is 7.11 Å². The molecule has 1 saturated carbocycles. The zero-order chi connectivity index (χ0) is 17.4. The Bertz CT molecular complexity index is 500. The number of amides is 2. The molecule has 0 aromatic rings. The van der Waals surface area contributed by atoms with E-state index in [2.05, 4.69) is 0 Å². The molecule has 0 N–H and O–H groups in total. The van der Waals surface area contributed by atoms with Crippen LogP contribution in [0.5, 0.6) is 0 Å². The average Bonchev–Trinajstić information content (AvgIpc) is 2.68. The summed E-state index contributed by atoms with van der Waals surface area (Å²) < 4.78 is 10.2. The van der Waals surface area contributed by atoms with Crippen LogP contribution in [0.25, 0.3) is 0 Å². The molecule has 6 heteroatoms. The molecule has 0 bridgehead atoms. The van der Waals surface area contributed by atoms with E-state index < -0.39 is 17.2 Å². The predicted molar refractivity (Wildman–Crippen MR) is 83.6 cm³/mol. The molecule has 23 heavy (non-hydrogen) atoms. The summed E-state index contributed by atoms with van der Waals surface area (Å²) in [4.78, 5) is 38.1. The first-order chi connectivity index (χ1) is 10.6. The van der Waals surface area contributed by atoms with Gasteiger partial charge >= 0.3 is 12.1 Å². The maximum atomic E-state index is 12.6. The fourth-order valence-corrected chi connectivity index (χ4v) is 3.78. The van der Waals surface area contributed by atoms with Crippen LogP contribution in [0.15, 0.2) is 0 Å². The summed E-state index contributed by atoms with van der Waals surface area (Å²) in [6, 6.07) is 0. The van der Waals surface area contributed by atoms with E-state index in [0.29, 0.717) is 32.1 Å². The lowest BCUT2D eigenvalue weighted by Gasteiger charge is -2.42. The van der Waals surface area contributed by atoms with Gasteiger partial charge in [0.25, 0.3) is 0 Å². The van der Waals surface area contributed by atoms with E-state index in [-0.39, 0.29) is 23.7 Å². The molecule has 0 aromatic carbocycles. The average molecular weight is 325 g/mol. The van der Waals surface area contributed by atoms with Gasteiger partial charge in [-0.3, -0.25) is 9.59 Å². The van der Waals surface area contributed by atoms with Crippen LogP contribution in [-0.2, 0) is 19.1 Å². The molecule has 1 aliphatic heterocycles. The molecule has 130 valence electrons. The van der Waals surface area contributed by atoms with Gasteiger partial charge in [0.2, 0.25) is 5.91 Å². The second kappa shape index (κ2) is 6.13. The monoisotopic (exact) mass is 325 g/mol. The van der Waals surface area contributed by atoms with Crippen molar-refractivity contribution in [3.63, 3.8) is 0 Å². The Labute approximate surface area is 137 Å². The number of nitrogens with zero attached hydrogens (tertiary/aromatic N) is 1. The summed E-state index contributed by atoms with van der Waals surface area (Å²) in [5.74, 6) is -0.717. The van der Waals surface area contributed by atoms with Gasteiger partial charge in [0, 0.05) is 5.92 Å². The van der Waals surface area contributed by atoms with Crippen molar-refractivity contribution in [2.45, 2.75) is 70.9 Å². The fourth-order valence-electron chi connectivity index (χ4n) is 3.78. The van der Waals surface area contributed by atoms with E-state index in [9.17, 15) is 14.4 Å². The minimum absolute atomic E-state index is 0.142. The number of carbonyl (C=O) groups is 3.